The Morgan fingerprint density at radius 2 is 2.20 bits per heavy atom. The van der Waals surface area contributed by atoms with Crippen LogP contribution in [-0.4, -0.2) is 0 Å². The molecule has 3 heteroatoms. The molecule has 0 saturated carbocycles. The lowest BCUT2D eigenvalue weighted by Gasteiger charge is -1.99. The third-order valence-corrected chi connectivity index (χ3v) is 3.02. The normalized spacial score (nSPS) is 9.90. The minimum Gasteiger partial charge on any atom is -0.175 e. The lowest BCUT2D eigenvalue weighted by atomic mass is 10.2. The SMILES string of the molecule is SCc1ccc(Br)cc1I. The zero-order chi connectivity index (χ0) is 7.56. The number of hydrogen-bond donors (Lipinski definition) is 1. The average molecular weight is 329 g/mol. The van der Waals surface area contributed by atoms with E-state index in [0.29, 0.717) is 0 Å². The Hall–Kier alpha value is 0.780. The highest BCUT2D eigenvalue weighted by molar-refractivity contribution is 14.1. The number of thiol groups is 1. The molecule has 0 atom stereocenters. The first-order valence-corrected chi connectivity index (χ1v) is 5.29. The van der Waals surface area contributed by atoms with Crippen LogP contribution in [0, 0.1) is 3.57 Å². The Bertz CT molecular complexity index is 237. The lowest BCUT2D eigenvalue weighted by Crippen LogP contribution is -1.82. The van der Waals surface area contributed by atoms with Gasteiger partial charge in [-0.3, -0.25) is 0 Å². The van der Waals surface area contributed by atoms with Crippen LogP contribution in [0.4, 0.5) is 0 Å². The molecule has 0 spiro atoms. The molecule has 0 amide bonds. The van der Waals surface area contributed by atoms with Gasteiger partial charge in [0, 0.05) is 13.8 Å². The molecular weight excluding hydrogens is 323 g/mol. The molecule has 0 N–H and O–H groups in total. The van der Waals surface area contributed by atoms with E-state index in [0.717, 1.165) is 10.2 Å². The van der Waals surface area contributed by atoms with Gasteiger partial charge in [0.1, 0.15) is 0 Å². The maximum atomic E-state index is 4.19. The summed E-state index contributed by atoms with van der Waals surface area (Å²) in [7, 11) is 0. The van der Waals surface area contributed by atoms with Crippen LogP contribution in [0.15, 0.2) is 22.7 Å². The van der Waals surface area contributed by atoms with Crippen LogP contribution in [0.3, 0.4) is 0 Å². The maximum absolute atomic E-state index is 4.19. The summed E-state index contributed by atoms with van der Waals surface area (Å²) in [6, 6.07) is 6.21. The Labute approximate surface area is 88.1 Å². The van der Waals surface area contributed by atoms with Gasteiger partial charge in [0.05, 0.1) is 0 Å². The summed E-state index contributed by atoms with van der Waals surface area (Å²) in [5, 5.41) is 0. The van der Waals surface area contributed by atoms with Crippen molar-refractivity contribution in [2.24, 2.45) is 0 Å². The van der Waals surface area contributed by atoms with Crippen LogP contribution in [0.1, 0.15) is 5.56 Å². The zero-order valence-corrected chi connectivity index (χ0v) is 9.78. The molecule has 54 valence electrons. The molecule has 1 rings (SSSR count). The van der Waals surface area contributed by atoms with Crippen LogP contribution in [0.5, 0.6) is 0 Å². The third-order valence-electron chi connectivity index (χ3n) is 1.19. The second-order valence-electron chi connectivity index (χ2n) is 1.89. The van der Waals surface area contributed by atoms with Gasteiger partial charge in [-0.15, -0.1) is 0 Å². The van der Waals surface area contributed by atoms with E-state index in [-0.39, 0.29) is 0 Å². The van der Waals surface area contributed by atoms with Gasteiger partial charge in [0.25, 0.3) is 0 Å². The maximum Gasteiger partial charge on any atom is 0.0185 e. The molecule has 0 aliphatic carbocycles. The Morgan fingerprint density at radius 1 is 1.50 bits per heavy atom. The lowest BCUT2D eigenvalue weighted by molar-refractivity contribution is 1.38. The fraction of sp³-hybridized carbons (Fsp3) is 0.143. The molecule has 1 aromatic rings. The van der Waals surface area contributed by atoms with Crippen molar-refractivity contribution in [3.8, 4) is 0 Å². The van der Waals surface area contributed by atoms with E-state index >= 15 is 0 Å². The Balaban J connectivity index is 3.07. The standard InChI is InChI=1S/C7H6BrIS/c8-6-2-1-5(4-10)7(9)3-6/h1-3,10H,4H2. The van der Waals surface area contributed by atoms with Crippen molar-refractivity contribution in [1.29, 1.82) is 0 Å². The Morgan fingerprint density at radius 3 is 2.70 bits per heavy atom. The molecule has 0 heterocycles. The molecule has 1 aromatic carbocycles. The monoisotopic (exact) mass is 328 g/mol. The van der Waals surface area contributed by atoms with Crippen LogP contribution in [0.25, 0.3) is 0 Å². The molecule has 0 saturated heterocycles. The smallest absolute Gasteiger partial charge is 0.0185 e. The zero-order valence-electron chi connectivity index (χ0n) is 5.14. The van der Waals surface area contributed by atoms with Gasteiger partial charge in [-0.25, -0.2) is 0 Å². The molecule has 0 aromatic heterocycles. The van der Waals surface area contributed by atoms with Crippen molar-refractivity contribution >= 4 is 51.1 Å². The molecule has 0 bridgehead atoms. The van der Waals surface area contributed by atoms with Crippen LogP contribution < -0.4 is 0 Å². The van der Waals surface area contributed by atoms with Crippen LogP contribution in [0.2, 0.25) is 0 Å². The van der Waals surface area contributed by atoms with E-state index in [9.17, 15) is 0 Å². The minimum absolute atomic E-state index is 0.811. The van der Waals surface area contributed by atoms with Crippen LogP contribution in [-0.2, 0) is 5.75 Å². The second kappa shape index (κ2) is 3.97. The summed E-state index contributed by atoms with van der Waals surface area (Å²) < 4.78 is 2.39. The van der Waals surface area contributed by atoms with Crippen molar-refractivity contribution < 1.29 is 0 Å². The first-order valence-electron chi connectivity index (χ1n) is 2.79. The Kier molecular flexibility index (Phi) is 3.52. The fourth-order valence-corrected chi connectivity index (χ4v) is 2.72. The first-order chi connectivity index (χ1) is 4.74. The average Bonchev–Trinajstić information content (AvgIpc) is 1.88. The highest BCUT2D eigenvalue weighted by Gasteiger charge is 1.96. The first kappa shape index (κ1) is 8.87. The highest BCUT2D eigenvalue weighted by atomic mass is 127. The van der Waals surface area contributed by atoms with E-state index in [2.05, 4.69) is 63.3 Å². The van der Waals surface area contributed by atoms with E-state index in [4.69, 9.17) is 0 Å². The fourth-order valence-electron chi connectivity index (χ4n) is 0.650. The summed E-state index contributed by atoms with van der Waals surface area (Å²) in [6.45, 7) is 0. The van der Waals surface area contributed by atoms with Gasteiger partial charge in [-0.1, -0.05) is 22.0 Å². The largest absolute Gasteiger partial charge is 0.175 e. The van der Waals surface area contributed by atoms with Gasteiger partial charge in [0.2, 0.25) is 0 Å². The van der Waals surface area contributed by atoms with Crippen molar-refractivity contribution in [3.63, 3.8) is 0 Å². The predicted octanol–water partition coefficient (Wildman–Crippen LogP) is 3.48. The summed E-state index contributed by atoms with van der Waals surface area (Å²) in [6.07, 6.45) is 0. The molecule has 0 aliphatic heterocycles. The summed E-state index contributed by atoms with van der Waals surface area (Å²) >= 11 is 9.90. The van der Waals surface area contributed by atoms with Crippen molar-refractivity contribution in [3.05, 3.63) is 31.8 Å². The number of hydrogen-bond acceptors (Lipinski definition) is 1. The summed E-state index contributed by atoms with van der Waals surface area (Å²) in [5.41, 5.74) is 1.28. The summed E-state index contributed by atoms with van der Waals surface area (Å²) in [5.74, 6) is 0.811. The van der Waals surface area contributed by atoms with Crippen molar-refractivity contribution in [2.75, 3.05) is 0 Å². The van der Waals surface area contributed by atoms with Gasteiger partial charge < -0.3 is 0 Å². The number of rotatable bonds is 1. The molecular formula is C7H6BrIS. The molecule has 0 radical (unpaired) electrons. The number of benzene rings is 1. The molecule has 0 unspecified atom stereocenters. The molecule has 0 nitrogen and oxygen atoms in total. The van der Waals surface area contributed by atoms with E-state index in [1.165, 1.54) is 9.13 Å². The van der Waals surface area contributed by atoms with Gasteiger partial charge in [-0.05, 0) is 40.3 Å². The summed E-state index contributed by atoms with van der Waals surface area (Å²) in [4.78, 5) is 0. The second-order valence-corrected chi connectivity index (χ2v) is 4.29. The third kappa shape index (κ3) is 2.13. The highest BCUT2D eigenvalue weighted by Crippen LogP contribution is 2.19. The van der Waals surface area contributed by atoms with E-state index in [1.54, 1.807) is 0 Å². The molecule has 0 aliphatic rings. The topological polar surface area (TPSA) is 0 Å². The van der Waals surface area contributed by atoms with E-state index in [1.807, 2.05) is 6.07 Å². The van der Waals surface area contributed by atoms with Crippen molar-refractivity contribution in [2.45, 2.75) is 5.75 Å². The van der Waals surface area contributed by atoms with Crippen LogP contribution >= 0.6 is 51.1 Å². The molecule has 0 fully saturated rings. The predicted molar refractivity (Wildman–Crippen MR) is 59.5 cm³/mol. The molecule has 10 heavy (non-hydrogen) atoms. The van der Waals surface area contributed by atoms with Gasteiger partial charge in [-0.2, -0.15) is 12.6 Å². The van der Waals surface area contributed by atoms with E-state index < -0.39 is 0 Å². The quantitative estimate of drug-likeness (QED) is 0.592. The number of halogens is 2. The minimum atomic E-state index is 0.811. The van der Waals surface area contributed by atoms with Crippen molar-refractivity contribution in [1.82, 2.24) is 0 Å². The van der Waals surface area contributed by atoms with Gasteiger partial charge in [0.15, 0.2) is 0 Å². The van der Waals surface area contributed by atoms with Gasteiger partial charge >= 0.3 is 0 Å².